The highest BCUT2D eigenvalue weighted by Gasteiger charge is 2.32. The predicted molar refractivity (Wildman–Crippen MR) is 115 cm³/mol. The number of hydrogen-bond acceptors (Lipinski definition) is 7. The third-order valence-electron chi connectivity index (χ3n) is 4.86. The molecular weight excluding hydrogens is 392 g/mol. The molecule has 28 heavy (non-hydrogen) atoms. The van der Waals surface area contributed by atoms with E-state index in [1.54, 1.807) is 28.9 Å². The molecule has 4 rings (SSSR count). The van der Waals surface area contributed by atoms with Crippen LogP contribution in [0, 0.1) is 5.92 Å². The third kappa shape index (κ3) is 4.04. The van der Waals surface area contributed by atoms with E-state index in [1.807, 2.05) is 11.7 Å². The van der Waals surface area contributed by atoms with Crippen LogP contribution in [0.5, 0.6) is 0 Å². The van der Waals surface area contributed by atoms with E-state index in [2.05, 4.69) is 40.5 Å². The summed E-state index contributed by atoms with van der Waals surface area (Å²) in [5.41, 5.74) is 3.19. The fourth-order valence-electron chi connectivity index (χ4n) is 3.37. The van der Waals surface area contributed by atoms with Crippen LogP contribution in [-0.4, -0.2) is 39.7 Å². The summed E-state index contributed by atoms with van der Waals surface area (Å²) in [6.07, 6.45) is 6.34. The lowest BCUT2D eigenvalue weighted by Gasteiger charge is -2.20. The Labute approximate surface area is 172 Å². The molecule has 6 nitrogen and oxygen atoms in total. The monoisotopic (exact) mass is 416 g/mol. The molecule has 3 N–H and O–H groups in total. The van der Waals surface area contributed by atoms with Crippen molar-refractivity contribution < 1.29 is 9.90 Å². The van der Waals surface area contributed by atoms with E-state index in [1.165, 1.54) is 0 Å². The van der Waals surface area contributed by atoms with Crippen molar-refractivity contribution in [2.45, 2.75) is 45.2 Å². The van der Waals surface area contributed by atoms with Crippen molar-refractivity contribution >= 4 is 44.5 Å². The molecule has 0 bridgehead atoms. The van der Waals surface area contributed by atoms with Crippen molar-refractivity contribution in [3.63, 3.8) is 0 Å². The molecule has 1 aliphatic rings. The fraction of sp³-hybridized carbons (Fsp3) is 0.450. The van der Waals surface area contributed by atoms with Crippen molar-refractivity contribution in [2.24, 2.45) is 5.92 Å². The average Bonchev–Trinajstić information content (AvgIpc) is 3.17. The zero-order valence-electron chi connectivity index (χ0n) is 15.9. The van der Waals surface area contributed by atoms with Gasteiger partial charge in [0.1, 0.15) is 4.83 Å². The van der Waals surface area contributed by atoms with E-state index >= 15 is 0 Å². The topological polar surface area (TPSA) is 87.1 Å². The predicted octanol–water partition coefficient (Wildman–Crippen LogP) is 4.13. The molecule has 1 amide bonds. The molecule has 3 aromatic heterocycles. The molecule has 3 aromatic rings. The van der Waals surface area contributed by atoms with Gasteiger partial charge >= 0.3 is 0 Å². The van der Waals surface area contributed by atoms with Crippen LogP contribution in [0.4, 0.5) is 5.69 Å². The number of carbonyl (C=O) groups excluding carboxylic acids is 1. The maximum absolute atomic E-state index is 13.1. The summed E-state index contributed by atoms with van der Waals surface area (Å²) >= 11 is 3.20. The maximum atomic E-state index is 13.1. The minimum Gasteiger partial charge on any atom is -0.396 e. The third-order valence-corrected chi connectivity index (χ3v) is 6.87. The van der Waals surface area contributed by atoms with Crippen molar-refractivity contribution in [1.82, 2.24) is 15.3 Å². The molecule has 148 valence electrons. The van der Waals surface area contributed by atoms with Gasteiger partial charge in [0, 0.05) is 41.3 Å². The largest absolute Gasteiger partial charge is 0.396 e. The van der Waals surface area contributed by atoms with E-state index in [0.29, 0.717) is 17.9 Å². The Morgan fingerprint density at radius 2 is 2.14 bits per heavy atom. The molecule has 1 saturated carbocycles. The average molecular weight is 417 g/mol. The summed E-state index contributed by atoms with van der Waals surface area (Å²) in [6, 6.07) is 2.30. The van der Waals surface area contributed by atoms with Crippen LogP contribution in [0.2, 0.25) is 0 Å². The normalized spacial score (nSPS) is 15.1. The van der Waals surface area contributed by atoms with Gasteiger partial charge in [0.25, 0.3) is 5.91 Å². The number of aliphatic hydroxyl groups is 1. The van der Waals surface area contributed by atoms with Gasteiger partial charge in [-0.05, 0) is 45.1 Å². The molecule has 0 saturated heterocycles. The van der Waals surface area contributed by atoms with Gasteiger partial charge in [-0.1, -0.05) is 0 Å². The number of thiazole rings is 1. The SMILES string of the molecule is CC(C)Nc1c(C(=O)NC(CCO)C2CC2)cnc2sc(-c3cncs3)cc12. The lowest BCUT2D eigenvalue weighted by Crippen LogP contribution is -2.37. The van der Waals surface area contributed by atoms with E-state index in [0.717, 1.165) is 38.5 Å². The summed E-state index contributed by atoms with van der Waals surface area (Å²) in [7, 11) is 0. The second kappa shape index (κ2) is 8.14. The van der Waals surface area contributed by atoms with Gasteiger partial charge in [0.2, 0.25) is 0 Å². The van der Waals surface area contributed by atoms with Gasteiger partial charge in [-0.15, -0.1) is 22.7 Å². The number of anilines is 1. The quantitative estimate of drug-likeness (QED) is 0.514. The zero-order valence-corrected chi connectivity index (χ0v) is 17.6. The number of nitrogens with zero attached hydrogens (tertiary/aromatic N) is 2. The molecule has 3 heterocycles. The van der Waals surface area contributed by atoms with Crippen LogP contribution in [0.3, 0.4) is 0 Å². The standard InChI is InChI=1S/C20H24N4O2S2/c1-11(2)23-18-13-7-16(17-9-21-10-27-17)28-20(13)22-8-14(18)19(26)24-15(5-6-25)12-3-4-12/h7-12,15,25H,3-6H2,1-2H3,(H,22,23)(H,24,26). The van der Waals surface area contributed by atoms with E-state index < -0.39 is 0 Å². The van der Waals surface area contributed by atoms with Crippen LogP contribution < -0.4 is 10.6 Å². The minimum absolute atomic E-state index is 0.0234. The number of rotatable bonds is 8. The van der Waals surface area contributed by atoms with Gasteiger partial charge < -0.3 is 15.7 Å². The lowest BCUT2D eigenvalue weighted by atomic mass is 10.1. The van der Waals surface area contributed by atoms with Gasteiger partial charge in [-0.25, -0.2) is 4.98 Å². The smallest absolute Gasteiger partial charge is 0.255 e. The Bertz CT molecular complexity index is 964. The first-order chi connectivity index (χ1) is 13.6. The van der Waals surface area contributed by atoms with Gasteiger partial charge in [-0.2, -0.15) is 0 Å². The Hall–Kier alpha value is -2.03. The Morgan fingerprint density at radius 1 is 1.32 bits per heavy atom. The summed E-state index contributed by atoms with van der Waals surface area (Å²) in [5.74, 6) is 0.349. The summed E-state index contributed by atoms with van der Waals surface area (Å²) in [6.45, 7) is 4.20. The second-order valence-corrected chi connectivity index (χ2v) is 9.39. The second-order valence-electron chi connectivity index (χ2n) is 7.47. The van der Waals surface area contributed by atoms with E-state index in [9.17, 15) is 9.90 Å². The fourth-order valence-corrected chi connectivity index (χ4v) is 5.09. The number of aromatic nitrogens is 2. The molecule has 0 radical (unpaired) electrons. The highest BCUT2D eigenvalue weighted by atomic mass is 32.1. The molecule has 0 aromatic carbocycles. The molecule has 8 heteroatoms. The highest BCUT2D eigenvalue weighted by Crippen LogP contribution is 2.39. The summed E-state index contributed by atoms with van der Waals surface area (Å²) < 4.78 is 0. The Kier molecular flexibility index (Phi) is 5.61. The first-order valence-corrected chi connectivity index (χ1v) is 11.3. The summed E-state index contributed by atoms with van der Waals surface area (Å²) in [4.78, 5) is 24.9. The highest BCUT2D eigenvalue weighted by molar-refractivity contribution is 7.25. The lowest BCUT2D eigenvalue weighted by molar-refractivity contribution is 0.0925. The molecule has 0 aliphatic heterocycles. The molecule has 1 aliphatic carbocycles. The Balaban J connectivity index is 1.71. The number of aliphatic hydroxyl groups excluding tert-OH is 1. The van der Waals surface area contributed by atoms with Crippen LogP contribution in [0.15, 0.2) is 24.0 Å². The van der Waals surface area contributed by atoms with Gasteiger partial charge in [0.15, 0.2) is 0 Å². The van der Waals surface area contributed by atoms with Crippen LogP contribution in [0.1, 0.15) is 43.5 Å². The molecule has 1 unspecified atom stereocenters. The minimum atomic E-state index is -0.131. The maximum Gasteiger partial charge on any atom is 0.255 e. The number of thiophene rings is 1. The number of carbonyl (C=O) groups is 1. The van der Waals surface area contributed by atoms with Crippen LogP contribution in [0.25, 0.3) is 20.0 Å². The zero-order chi connectivity index (χ0) is 19.7. The van der Waals surface area contributed by atoms with E-state index in [-0.39, 0.29) is 24.6 Å². The van der Waals surface area contributed by atoms with Crippen molar-refractivity contribution in [3.05, 3.63) is 29.5 Å². The van der Waals surface area contributed by atoms with Gasteiger partial charge in [-0.3, -0.25) is 9.78 Å². The molecule has 1 atom stereocenters. The first-order valence-electron chi connectivity index (χ1n) is 9.56. The number of amides is 1. The number of hydrogen-bond donors (Lipinski definition) is 3. The van der Waals surface area contributed by atoms with E-state index in [4.69, 9.17) is 0 Å². The van der Waals surface area contributed by atoms with Crippen molar-refractivity contribution in [1.29, 1.82) is 0 Å². The molecular formula is C20H24N4O2S2. The van der Waals surface area contributed by atoms with Crippen LogP contribution >= 0.6 is 22.7 Å². The molecule has 1 fully saturated rings. The molecule has 0 spiro atoms. The van der Waals surface area contributed by atoms with Gasteiger partial charge in [0.05, 0.1) is 21.6 Å². The first kappa shape index (κ1) is 19.3. The number of nitrogens with one attached hydrogen (secondary N) is 2. The van der Waals surface area contributed by atoms with Crippen molar-refractivity contribution in [2.75, 3.05) is 11.9 Å². The Morgan fingerprint density at radius 3 is 2.79 bits per heavy atom. The number of pyridine rings is 1. The number of fused-ring (bicyclic) bond motifs is 1. The van der Waals surface area contributed by atoms with Crippen molar-refractivity contribution in [3.8, 4) is 9.75 Å². The summed E-state index contributed by atoms with van der Waals surface area (Å²) in [5, 5.41) is 16.9. The van der Waals surface area contributed by atoms with Crippen LogP contribution in [-0.2, 0) is 0 Å².